The lowest BCUT2D eigenvalue weighted by Crippen LogP contribution is -2.33. The smallest absolute Gasteiger partial charge is 0.266 e. The molecule has 0 saturated heterocycles. The van der Waals surface area contributed by atoms with Crippen molar-refractivity contribution >= 4 is 10.9 Å². The number of hydrogen-bond donors (Lipinski definition) is 1. The normalized spacial score (nSPS) is 12.0. The van der Waals surface area contributed by atoms with Gasteiger partial charge in [0.15, 0.2) is 0 Å². The molecule has 29 heavy (non-hydrogen) atoms. The Morgan fingerprint density at radius 1 is 1.14 bits per heavy atom. The molecule has 3 aromatic rings. The number of likely N-dealkylation sites (N-methyl/N-ethyl adjacent to an activating group) is 1. The number of aromatic nitrogens is 2. The van der Waals surface area contributed by atoms with Gasteiger partial charge in [0.05, 0.1) is 22.6 Å². The molecule has 156 valence electrons. The van der Waals surface area contributed by atoms with Gasteiger partial charge in [-0.3, -0.25) is 9.36 Å². The van der Waals surface area contributed by atoms with E-state index in [1.807, 2.05) is 60.0 Å². The van der Waals surface area contributed by atoms with E-state index in [0.717, 1.165) is 18.7 Å². The van der Waals surface area contributed by atoms with Crippen molar-refractivity contribution in [3.63, 3.8) is 0 Å². The Hall–Kier alpha value is -2.57. The second-order valence-electron chi connectivity index (χ2n) is 7.09. The maximum absolute atomic E-state index is 13.4. The van der Waals surface area contributed by atoms with E-state index >= 15 is 0 Å². The molecule has 1 N–H and O–H groups in total. The zero-order chi connectivity index (χ0) is 21.6. The van der Waals surface area contributed by atoms with Crippen LogP contribution in [0.2, 0.25) is 0 Å². The maximum Gasteiger partial charge on any atom is 0.266 e. The average molecular weight is 399 g/mol. The Balaban J connectivity index is 0.00000145. The summed E-state index contributed by atoms with van der Waals surface area (Å²) in [5.41, 5.74) is 2.12. The average Bonchev–Trinajstić information content (AvgIpc) is 2.70. The van der Waals surface area contributed by atoms with E-state index in [1.54, 1.807) is 16.7 Å². The molecule has 1 unspecified atom stereocenters. The molecule has 0 saturated carbocycles. The fourth-order valence-electron chi connectivity index (χ4n) is 3.04. The maximum atomic E-state index is 13.4. The monoisotopic (exact) mass is 398 g/mol. The first-order chi connectivity index (χ1) is 13.9. The van der Waals surface area contributed by atoms with Crippen molar-refractivity contribution in [1.82, 2.24) is 19.8 Å². The van der Waals surface area contributed by atoms with Crippen molar-refractivity contribution in [1.29, 1.82) is 0 Å². The van der Waals surface area contributed by atoms with Gasteiger partial charge < -0.3 is 10.2 Å². The number of aryl methyl sites for hydroxylation is 1. The van der Waals surface area contributed by atoms with Crippen LogP contribution in [0.3, 0.4) is 0 Å². The number of rotatable bonds is 6. The molecule has 0 amide bonds. The van der Waals surface area contributed by atoms with Crippen LogP contribution in [0, 0.1) is 12.7 Å². The van der Waals surface area contributed by atoms with Crippen molar-refractivity contribution in [3.8, 4) is 5.69 Å². The summed E-state index contributed by atoms with van der Waals surface area (Å²) in [5, 5.41) is 3.98. The fourth-order valence-corrected chi connectivity index (χ4v) is 3.04. The summed E-state index contributed by atoms with van der Waals surface area (Å²) in [6.07, 6.45) is 0. The van der Waals surface area contributed by atoms with Crippen molar-refractivity contribution in [2.75, 3.05) is 27.2 Å². The second-order valence-corrected chi connectivity index (χ2v) is 7.09. The molecule has 0 spiro atoms. The summed E-state index contributed by atoms with van der Waals surface area (Å²) in [6.45, 7) is 9.56. The highest BCUT2D eigenvalue weighted by Crippen LogP contribution is 2.19. The Bertz CT molecular complexity index is 996. The van der Waals surface area contributed by atoms with Crippen LogP contribution in [0.15, 0.2) is 47.3 Å². The molecule has 3 rings (SSSR count). The zero-order valence-electron chi connectivity index (χ0n) is 18.2. The SMILES string of the molecule is CC.Cc1ccc2nc(C(C)NCCN(C)C)n(-c3ccc(F)cc3)c(=O)c2c1. The molecular formula is C23H31FN4O. The number of benzene rings is 2. The molecule has 0 radical (unpaired) electrons. The van der Waals surface area contributed by atoms with Gasteiger partial charge in [-0.25, -0.2) is 9.37 Å². The van der Waals surface area contributed by atoms with E-state index in [4.69, 9.17) is 4.98 Å². The Morgan fingerprint density at radius 2 is 1.79 bits per heavy atom. The summed E-state index contributed by atoms with van der Waals surface area (Å²) in [7, 11) is 4.02. The molecule has 0 aliphatic heterocycles. The predicted octanol–water partition coefficient (Wildman–Crippen LogP) is 4.07. The summed E-state index contributed by atoms with van der Waals surface area (Å²) in [4.78, 5) is 20.1. The Morgan fingerprint density at radius 3 is 2.41 bits per heavy atom. The van der Waals surface area contributed by atoms with Crippen molar-refractivity contribution < 1.29 is 4.39 Å². The van der Waals surface area contributed by atoms with Crippen LogP contribution < -0.4 is 10.9 Å². The minimum absolute atomic E-state index is 0.145. The molecular weight excluding hydrogens is 367 g/mol. The van der Waals surface area contributed by atoms with Crippen molar-refractivity contribution in [2.45, 2.75) is 33.7 Å². The lowest BCUT2D eigenvalue weighted by molar-refractivity contribution is 0.385. The van der Waals surface area contributed by atoms with Gasteiger partial charge in [-0.1, -0.05) is 25.5 Å². The number of halogens is 1. The predicted molar refractivity (Wildman–Crippen MR) is 118 cm³/mol. The van der Waals surface area contributed by atoms with Gasteiger partial charge in [-0.15, -0.1) is 0 Å². The third kappa shape index (κ3) is 5.49. The van der Waals surface area contributed by atoms with E-state index in [9.17, 15) is 9.18 Å². The topological polar surface area (TPSA) is 50.2 Å². The fraction of sp³-hybridized carbons (Fsp3) is 0.391. The van der Waals surface area contributed by atoms with Gasteiger partial charge in [-0.2, -0.15) is 0 Å². The van der Waals surface area contributed by atoms with Gasteiger partial charge in [0, 0.05) is 13.1 Å². The van der Waals surface area contributed by atoms with Crippen LogP contribution in [-0.4, -0.2) is 41.6 Å². The lowest BCUT2D eigenvalue weighted by Gasteiger charge is -2.20. The van der Waals surface area contributed by atoms with E-state index in [2.05, 4.69) is 10.2 Å². The van der Waals surface area contributed by atoms with Gasteiger partial charge in [0.1, 0.15) is 11.6 Å². The van der Waals surface area contributed by atoms with Crippen LogP contribution >= 0.6 is 0 Å². The Kier molecular flexibility index (Phi) is 8.05. The molecule has 2 aromatic carbocycles. The molecule has 0 aliphatic carbocycles. The van der Waals surface area contributed by atoms with E-state index in [-0.39, 0.29) is 17.4 Å². The van der Waals surface area contributed by atoms with E-state index in [0.29, 0.717) is 22.4 Å². The van der Waals surface area contributed by atoms with Gasteiger partial charge in [0.25, 0.3) is 5.56 Å². The molecule has 1 aromatic heterocycles. The summed E-state index contributed by atoms with van der Waals surface area (Å²) in [6, 6.07) is 11.5. The molecule has 1 heterocycles. The Labute approximate surface area is 172 Å². The lowest BCUT2D eigenvalue weighted by atomic mass is 10.1. The first-order valence-electron chi connectivity index (χ1n) is 10.0. The van der Waals surface area contributed by atoms with Gasteiger partial charge in [-0.05, 0) is 64.3 Å². The summed E-state index contributed by atoms with van der Waals surface area (Å²) in [5.74, 6) is 0.275. The first-order valence-corrected chi connectivity index (χ1v) is 10.0. The van der Waals surface area contributed by atoms with E-state index < -0.39 is 0 Å². The first kappa shape index (κ1) is 22.7. The number of nitrogens with zero attached hydrogens (tertiary/aromatic N) is 3. The third-order valence-electron chi connectivity index (χ3n) is 4.53. The highest BCUT2D eigenvalue weighted by atomic mass is 19.1. The highest BCUT2D eigenvalue weighted by molar-refractivity contribution is 5.78. The number of nitrogens with one attached hydrogen (secondary N) is 1. The largest absolute Gasteiger partial charge is 0.308 e. The zero-order valence-corrected chi connectivity index (χ0v) is 18.2. The number of hydrogen-bond acceptors (Lipinski definition) is 4. The molecule has 1 atom stereocenters. The van der Waals surface area contributed by atoms with Crippen LogP contribution in [0.1, 0.15) is 38.2 Å². The quantitative estimate of drug-likeness (QED) is 0.680. The van der Waals surface area contributed by atoms with E-state index in [1.165, 1.54) is 12.1 Å². The molecule has 5 nitrogen and oxygen atoms in total. The molecule has 6 heteroatoms. The standard InChI is InChI=1S/C21H25FN4O.C2H6/c1-14-5-10-19-18(13-14)21(27)26(17-8-6-16(22)7-9-17)20(24-19)15(2)23-11-12-25(3)4;1-2/h5-10,13,15,23H,11-12H2,1-4H3;1-2H3. The molecule has 0 aliphatic rings. The molecule has 0 fully saturated rings. The van der Waals surface area contributed by atoms with Crippen LogP contribution in [-0.2, 0) is 0 Å². The highest BCUT2D eigenvalue weighted by Gasteiger charge is 2.18. The van der Waals surface area contributed by atoms with Gasteiger partial charge in [0.2, 0.25) is 0 Å². The van der Waals surface area contributed by atoms with Crippen molar-refractivity contribution in [3.05, 3.63) is 70.0 Å². The minimum atomic E-state index is -0.338. The summed E-state index contributed by atoms with van der Waals surface area (Å²) < 4.78 is 15.0. The van der Waals surface area contributed by atoms with Crippen molar-refractivity contribution in [2.24, 2.45) is 0 Å². The van der Waals surface area contributed by atoms with Crippen LogP contribution in [0.4, 0.5) is 4.39 Å². The van der Waals surface area contributed by atoms with Crippen LogP contribution in [0.25, 0.3) is 16.6 Å². The van der Waals surface area contributed by atoms with Crippen LogP contribution in [0.5, 0.6) is 0 Å². The number of fused-ring (bicyclic) bond motifs is 1. The summed E-state index contributed by atoms with van der Waals surface area (Å²) >= 11 is 0. The minimum Gasteiger partial charge on any atom is -0.308 e. The van der Waals surface area contributed by atoms with Gasteiger partial charge >= 0.3 is 0 Å². The molecule has 0 bridgehead atoms. The second kappa shape index (κ2) is 10.3. The third-order valence-corrected chi connectivity index (χ3v) is 4.53.